The lowest BCUT2D eigenvalue weighted by molar-refractivity contribution is 0.103. The van der Waals surface area contributed by atoms with Crippen LogP contribution in [0.2, 0.25) is 0 Å². The van der Waals surface area contributed by atoms with Crippen LogP contribution in [0.3, 0.4) is 0 Å². The fraction of sp³-hybridized carbons (Fsp3) is 0.294. The molecule has 1 aromatic heterocycles. The van der Waals surface area contributed by atoms with Crippen LogP contribution in [-0.2, 0) is 4.74 Å². The number of H-pyrrole nitrogens is 1. The van der Waals surface area contributed by atoms with Crippen LogP contribution >= 0.6 is 15.9 Å². The molecule has 6 rings (SSSR count). The molecule has 1 saturated heterocycles. The Morgan fingerprint density at radius 1 is 1.12 bits per heavy atom. The highest BCUT2D eigenvalue weighted by Crippen LogP contribution is 2.38. The van der Waals surface area contributed by atoms with Gasteiger partial charge in [-0.05, 0) is 89.3 Å². The highest BCUT2D eigenvalue weighted by atomic mass is 79.9. The first kappa shape index (κ1) is 28.4. The van der Waals surface area contributed by atoms with E-state index in [0.29, 0.717) is 36.8 Å². The van der Waals surface area contributed by atoms with Gasteiger partial charge in [-0.3, -0.25) is 9.79 Å². The van der Waals surface area contributed by atoms with Gasteiger partial charge in [-0.15, -0.1) is 0 Å². The molecular formula is C34H33BrFN3O3. The van der Waals surface area contributed by atoms with Gasteiger partial charge in [0.2, 0.25) is 5.78 Å². The number of nitrogens with one attached hydrogen (secondary N) is 1. The fourth-order valence-electron chi connectivity index (χ4n) is 6.02. The maximum absolute atomic E-state index is 14.1. The van der Waals surface area contributed by atoms with Crippen LogP contribution in [0.15, 0.2) is 81.3 Å². The van der Waals surface area contributed by atoms with Crippen molar-refractivity contribution in [3.05, 3.63) is 98.9 Å². The molecular weight excluding hydrogens is 597 g/mol. The smallest absolute Gasteiger partial charge is 0.210 e. The molecule has 42 heavy (non-hydrogen) atoms. The summed E-state index contributed by atoms with van der Waals surface area (Å²) in [5.41, 5.74) is 6.42. The number of benzene rings is 3. The first-order valence-electron chi connectivity index (χ1n) is 14.2. The number of carbonyl (C=O) groups is 1. The number of fused-ring (bicyclic) bond motifs is 1. The minimum Gasteiger partial charge on any atom is -0.454 e. The SMILES string of the molecule is CC1=C(C(=O)c2cc3cc(N4CCOCC4)c(Br)cc3[nH]2)C=NCC1C(C)c1ccc(Oc2ccccc2F)cc1C. The molecule has 3 aromatic carbocycles. The number of rotatable bonds is 7. The third kappa shape index (κ3) is 5.53. The van der Waals surface area contributed by atoms with E-state index in [9.17, 15) is 9.18 Å². The number of hydrogen-bond acceptors (Lipinski definition) is 5. The van der Waals surface area contributed by atoms with Crippen LogP contribution in [0.4, 0.5) is 10.1 Å². The number of ether oxygens (including phenoxy) is 2. The van der Waals surface area contributed by atoms with Gasteiger partial charge in [0.25, 0.3) is 0 Å². The van der Waals surface area contributed by atoms with Gasteiger partial charge in [0, 0.05) is 52.7 Å². The van der Waals surface area contributed by atoms with Crippen LogP contribution in [0.1, 0.15) is 41.4 Å². The number of aliphatic imine (C=N–C) groups is 1. The molecule has 1 fully saturated rings. The first-order valence-corrected chi connectivity index (χ1v) is 15.0. The van der Waals surface area contributed by atoms with Crippen LogP contribution in [0.5, 0.6) is 11.5 Å². The second-order valence-corrected chi connectivity index (χ2v) is 11.9. The minimum absolute atomic E-state index is 0.0567. The Kier molecular flexibility index (Phi) is 8.01. The summed E-state index contributed by atoms with van der Waals surface area (Å²) in [6.07, 6.45) is 1.72. The number of dihydropyridines is 1. The monoisotopic (exact) mass is 629 g/mol. The lowest BCUT2D eigenvalue weighted by Gasteiger charge is -2.29. The zero-order valence-electron chi connectivity index (χ0n) is 23.9. The topological polar surface area (TPSA) is 66.9 Å². The Morgan fingerprint density at radius 2 is 1.90 bits per heavy atom. The predicted molar refractivity (Wildman–Crippen MR) is 169 cm³/mol. The van der Waals surface area contributed by atoms with E-state index in [2.05, 4.69) is 43.8 Å². The quantitative estimate of drug-likeness (QED) is 0.210. The molecule has 0 spiro atoms. The zero-order chi connectivity index (χ0) is 29.4. The van der Waals surface area contributed by atoms with Crippen molar-refractivity contribution in [1.82, 2.24) is 4.98 Å². The molecule has 2 unspecified atom stereocenters. The second kappa shape index (κ2) is 11.9. The van der Waals surface area contributed by atoms with Gasteiger partial charge in [-0.2, -0.15) is 0 Å². The summed E-state index contributed by atoms with van der Waals surface area (Å²) in [5.74, 6) is 0.507. The zero-order valence-corrected chi connectivity index (χ0v) is 25.5. The van der Waals surface area contributed by atoms with Crippen molar-refractivity contribution in [2.24, 2.45) is 10.9 Å². The lowest BCUT2D eigenvalue weighted by atomic mass is 9.78. The third-order valence-electron chi connectivity index (χ3n) is 8.43. The Bertz CT molecular complexity index is 1720. The number of para-hydroxylation sites is 1. The van der Waals surface area contributed by atoms with Crippen LogP contribution in [0.25, 0.3) is 10.9 Å². The number of aromatic nitrogens is 1. The van der Waals surface area contributed by atoms with Gasteiger partial charge in [0.05, 0.1) is 24.6 Å². The van der Waals surface area contributed by atoms with Crippen molar-refractivity contribution in [2.45, 2.75) is 26.7 Å². The molecule has 6 nitrogen and oxygen atoms in total. The Morgan fingerprint density at radius 3 is 2.67 bits per heavy atom. The first-order chi connectivity index (χ1) is 20.3. The van der Waals surface area contributed by atoms with Crippen LogP contribution in [-0.4, -0.2) is 49.8 Å². The van der Waals surface area contributed by atoms with E-state index in [1.54, 1.807) is 24.4 Å². The maximum atomic E-state index is 14.1. The molecule has 2 atom stereocenters. The average molecular weight is 631 g/mol. The van der Waals surface area contributed by atoms with E-state index in [1.165, 1.54) is 6.07 Å². The third-order valence-corrected chi connectivity index (χ3v) is 9.07. The number of halogens is 2. The second-order valence-electron chi connectivity index (χ2n) is 11.0. The van der Waals surface area contributed by atoms with E-state index in [0.717, 1.165) is 50.9 Å². The Balaban J connectivity index is 1.24. The number of aryl methyl sites for hydroxylation is 1. The standard InChI is InChI=1S/C34H33BrFN3O3/c1-20-14-24(42-33-7-5-4-6-29(33)36)8-9-25(20)21(2)26-18-37-19-27(22(26)3)34(40)31-15-23-16-32(28(35)17-30(23)38-31)39-10-12-41-13-11-39/h4-9,14-17,19,21,26,38H,10-13,18H2,1-3H3. The van der Waals surface area contributed by atoms with E-state index in [1.807, 2.05) is 44.2 Å². The molecule has 0 saturated carbocycles. The molecule has 0 bridgehead atoms. The molecule has 0 amide bonds. The van der Waals surface area contributed by atoms with Gasteiger partial charge in [0.15, 0.2) is 11.6 Å². The molecule has 8 heteroatoms. The van der Waals surface area contributed by atoms with E-state index in [4.69, 9.17) is 9.47 Å². The molecule has 0 aliphatic carbocycles. The highest BCUT2D eigenvalue weighted by Gasteiger charge is 2.29. The van der Waals surface area contributed by atoms with Gasteiger partial charge in [-0.1, -0.05) is 30.7 Å². The number of nitrogens with zero attached hydrogens (tertiary/aromatic N) is 2. The number of carbonyl (C=O) groups excluding carboxylic acids is 1. The highest BCUT2D eigenvalue weighted by molar-refractivity contribution is 9.10. The Labute approximate surface area is 253 Å². The number of morpholine rings is 1. The molecule has 216 valence electrons. The maximum Gasteiger partial charge on any atom is 0.210 e. The van der Waals surface area contributed by atoms with Crippen LogP contribution < -0.4 is 9.64 Å². The Hall–Kier alpha value is -3.75. The summed E-state index contributed by atoms with van der Waals surface area (Å²) >= 11 is 3.72. The number of allylic oxidation sites excluding steroid dienone is 1. The molecule has 1 N–H and O–H groups in total. The summed E-state index contributed by atoms with van der Waals surface area (Å²) in [6, 6.07) is 18.3. The summed E-state index contributed by atoms with van der Waals surface area (Å²) in [7, 11) is 0. The number of anilines is 1. The number of ketones is 1. The average Bonchev–Trinajstić information content (AvgIpc) is 3.41. The van der Waals surface area contributed by atoms with E-state index < -0.39 is 5.82 Å². The van der Waals surface area contributed by atoms with Crippen molar-refractivity contribution in [2.75, 3.05) is 37.7 Å². The van der Waals surface area contributed by atoms with Crippen molar-refractivity contribution < 1.29 is 18.7 Å². The minimum atomic E-state index is -0.397. The molecule has 0 radical (unpaired) electrons. The van der Waals surface area contributed by atoms with Crippen molar-refractivity contribution in [1.29, 1.82) is 0 Å². The van der Waals surface area contributed by atoms with Gasteiger partial charge in [0.1, 0.15) is 5.75 Å². The summed E-state index contributed by atoms with van der Waals surface area (Å²) in [6.45, 7) is 9.94. The fourth-order valence-corrected chi connectivity index (χ4v) is 6.61. The summed E-state index contributed by atoms with van der Waals surface area (Å²) in [4.78, 5) is 24.1. The molecule has 4 aromatic rings. The van der Waals surface area contributed by atoms with E-state index in [-0.39, 0.29) is 23.4 Å². The van der Waals surface area contributed by atoms with Gasteiger partial charge < -0.3 is 19.4 Å². The lowest BCUT2D eigenvalue weighted by Crippen LogP contribution is -2.36. The summed E-state index contributed by atoms with van der Waals surface area (Å²) in [5, 5.41) is 0.993. The predicted octanol–water partition coefficient (Wildman–Crippen LogP) is 8.01. The van der Waals surface area contributed by atoms with Crippen molar-refractivity contribution in [3.8, 4) is 11.5 Å². The normalized spacial score (nSPS) is 18.0. The number of Topliss-reactive ketones (excluding diaryl/α,β-unsaturated/α-hetero) is 1. The van der Waals surface area contributed by atoms with E-state index >= 15 is 0 Å². The van der Waals surface area contributed by atoms with Crippen LogP contribution in [0, 0.1) is 18.7 Å². The molecule has 3 heterocycles. The summed E-state index contributed by atoms with van der Waals surface area (Å²) < 4.78 is 26.4. The molecule has 2 aliphatic heterocycles. The largest absolute Gasteiger partial charge is 0.454 e. The van der Waals surface area contributed by atoms with Gasteiger partial charge >= 0.3 is 0 Å². The molecule has 2 aliphatic rings. The number of hydrogen-bond donors (Lipinski definition) is 1. The van der Waals surface area contributed by atoms with Gasteiger partial charge in [-0.25, -0.2) is 4.39 Å². The van der Waals surface area contributed by atoms with Crippen molar-refractivity contribution >= 4 is 44.5 Å². The number of aromatic amines is 1. The van der Waals surface area contributed by atoms with Crippen molar-refractivity contribution in [3.63, 3.8) is 0 Å².